The monoisotopic (exact) mass is 771 g/mol. The zero-order valence-corrected chi connectivity index (χ0v) is 35.1. The molecular weight excluding hydrogens is 699 g/mol. The van der Waals surface area contributed by atoms with Gasteiger partial charge in [0.05, 0.1) is 33.3 Å². The van der Waals surface area contributed by atoms with E-state index in [1.165, 1.54) is 16.7 Å². The van der Waals surface area contributed by atoms with E-state index in [2.05, 4.69) is 0 Å². The molecule has 56 heavy (non-hydrogen) atoms. The van der Waals surface area contributed by atoms with Crippen molar-refractivity contribution in [1.29, 1.82) is 0 Å². The van der Waals surface area contributed by atoms with Crippen molar-refractivity contribution in [3.05, 3.63) is 124 Å². The van der Waals surface area contributed by atoms with Crippen molar-refractivity contribution in [2.24, 2.45) is 0 Å². The van der Waals surface area contributed by atoms with Crippen LogP contribution in [0, 0.1) is 6.92 Å². The van der Waals surface area contributed by atoms with Gasteiger partial charge in [0, 0.05) is 43.0 Å². The molecule has 0 amide bonds. The lowest BCUT2D eigenvalue weighted by molar-refractivity contribution is 0.590. The molecule has 0 aliphatic carbocycles. The third-order valence-corrected chi connectivity index (χ3v) is 11.6. The second-order valence-electron chi connectivity index (χ2n) is 19.1. The van der Waals surface area contributed by atoms with Crippen LogP contribution in [0.4, 0.5) is 34.1 Å². The fraction of sp³-hybridized carbons (Fsp3) is 0.333. The topological polar surface area (TPSA) is 19.6 Å². The van der Waals surface area contributed by atoms with Crippen LogP contribution in [0.5, 0.6) is 0 Å². The minimum Gasteiger partial charge on any atom is -0.468 e. The van der Waals surface area contributed by atoms with Gasteiger partial charge < -0.3 is 14.2 Å². The predicted octanol–water partition coefficient (Wildman–Crippen LogP) is 13.2. The van der Waals surface area contributed by atoms with E-state index < -0.39 is 52.5 Å². The Kier molecular flexibility index (Phi) is 4.95. The summed E-state index contributed by atoms with van der Waals surface area (Å²) in [5, 5.41) is 0.111. The van der Waals surface area contributed by atoms with E-state index >= 15 is 0 Å². The maximum absolute atomic E-state index is 10.1. The Bertz CT molecular complexity index is 3340. The highest BCUT2D eigenvalue weighted by Crippen LogP contribution is 2.50. The van der Waals surface area contributed by atoms with Crippen LogP contribution in [-0.4, -0.2) is 6.71 Å². The third-order valence-electron chi connectivity index (χ3n) is 10.4. The molecule has 0 unspecified atom stereocenters. The van der Waals surface area contributed by atoms with E-state index in [9.17, 15) is 21.9 Å². The van der Waals surface area contributed by atoms with Gasteiger partial charge >= 0.3 is 6.71 Å². The SMILES string of the molecule is [2H]c1c([2H])c(C(C)(C)C)c([2H])c([2H])c1N1c2c([2H])c(C)c([2H])c3c2B(c2oc4c([2H])c([2H])c(C(C)(C)C)c([2H])c4c21)c1sc2c([2H])c([2H])c(C(C)(C)C)c([2H])c2c1N3c1c([2H])c([2H])c(C(C)(C)C)c([2H])c1[2H]. The number of benzene rings is 5. The molecular formula is C51H55BN2OS. The number of hydrogen-bond donors (Lipinski definition) is 0. The third kappa shape index (κ3) is 5.75. The van der Waals surface area contributed by atoms with Crippen molar-refractivity contribution in [3.8, 4) is 0 Å². The molecule has 2 aromatic heterocycles. The quantitative estimate of drug-likeness (QED) is 0.163. The lowest BCUT2D eigenvalue weighted by atomic mass is 9.38. The first-order chi connectivity index (χ1) is 32.9. The van der Waals surface area contributed by atoms with Gasteiger partial charge in [0.1, 0.15) is 11.2 Å². The molecule has 0 spiro atoms. The summed E-state index contributed by atoms with van der Waals surface area (Å²) < 4.78 is 162. The van der Waals surface area contributed by atoms with Crippen LogP contribution in [0.1, 0.15) is 133 Å². The summed E-state index contributed by atoms with van der Waals surface area (Å²) in [7, 11) is 0. The van der Waals surface area contributed by atoms with Gasteiger partial charge in [-0.1, -0.05) is 119 Å². The van der Waals surface area contributed by atoms with E-state index in [1.807, 2.05) is 20.8 Å². The van der Waals surface area contributed by atoms with Gasteiger partial charge in [-0.2, -0.15) is 0 Å². The molecule has 284 valence electrons. The zero-order valence-electron chi connectivity index (χ0n) is 50.3. The summed E-state index contributed by atoms with van der Waals surface area (Å²) in [5.74, 6) is 0. The molecule has 0 N–H and O–H groups in total. The summed E-state index contributed by atoms with van der Waals surface area (Å²) in [5.41, 5.74) is -3.74. The molecule has 0 atom stereocenters. The Morgan fingerprint density at radius 1 is 0.536 bits per heavy atom. The molecule has 0 saturated heterocycles. The van der Waals surface area contributed by atoms with Gasteiger partial charge in [-0.15, -0.1) is 11.3 Å². The Hall–Kier alpha value is -4.74. The van der Waals surface area contributed by atoms with Crippen LogP contribution in [0.3, 0.4) is 0 Å². The lowest BCUT2D eigenvalue weighted by Gasteiger charge is -2.42. The number of thiophene rings is 1. The van der Waals surface area contributed by atoms with Gasteiger partial charge in [0.25, 0.3) is 0 Å². The summed E-state index contributed by atoms with van der Waals surface area (Å²) in [6.45, 7) is 21.7. The number of furan rings is 1. The van der Waals surface area contributed by atoms with E-state index in [1.54, 1.807) is 62.3 Å². The fourth-order valence-electron chi connectivity index (χ4n) is 7.32. The van der Waals surface area contributed by atoms with E-state index in [4.69, 9.17) is 4.42 Å². The van der Waals surface area contributed by atoms with Crippen molar-refractivity contribution >= 4 is 89.1 Å². The van der Waals surface area contributed by atoms with Gasteiger partial charge in [0.15, 0.2) is 0 Å². The second kappa shape index (κ2) is 12.1. The molecule has 4 heterocycles. The summed E-state index contributed by atoms with van der Waals surface area (Å²) in [4.78, 5) is 2.74. The fourth-order valence-corrected chi connectivity index (χ4v) is 8.53. The predicted molar refractivity (Wildman–Crippen MR) is 245 cm³/mol. The van der Waals surface area contributed by atoms with Gasteiger partial charge in [-0.25, -0.2) is 0 Å². The highest BCUT2D eigenvalue weighted by molar-refractivity contribution is 7.33. The molecule has 3 nitrogen and oxygen atoms in total. The number of hydrogen-bond acceptors (Lipinski definition) is 4. The molecule has 5 aromatic carbocycles. The normalized spacial score (nSPS) is 18.4. The average Bonchev–Trinajstić information content (AvgIpc) is 3.84. The lowest BCUT2D eigenvalue weighted by Crippen LogP contribution is -2.60. The van der Waals surface area contributed by atoms with Crippen LogP contribution in [0.25, 0.3) is 21.1 Å². The largest absolute Gasteiger partial charge is 0.468 e. The molecule has 7 aromatic rings. The molecule has 9 rings (SSSR count). The Balaban J connectivity index is 1.62. The number of anilines is 6. The number of rotatable bonds is 2. The van der Waals surface area contributed by atoms with Crippen molar-refractivity contribution in [3.63, 3.8) is 0 Å². The van der Waals surface area contributed by atoms with E-state index in [0.717, 1.165) is 11.3 Å². The maximum Gasteiger partial charge on any atom is 0.309 e. The highest BCUT2D eigenvalue weighted by Gasteiger charge is 2.48. The van der Waals surface area contributed by atoms with Crippen LogP contribution < -0.4 is 25.7 Å². The van der Waals surface area contributed by atoms with Crippen LogP contribution >= 0.6 is 11.3 Å². The minimum atomic E-state index is -1.27. The smallest absolute Gasteiger partial charge is 0.309 e. The van der Waals surface area contributed by atoms with E-state index in [0.29, 0.717) is 0 Å². The molecule has 2 aliphatic heterocycles. The molecule has 0 saturated carbocycles. The van der Waals surface area contributed by atoms with Gasteiger partial charge in [-0.05, 0) is 122 Å². The second-order valence-corrected chi connectivity index (χ2v) is 20.1. The highest BCUT2D eigenvalue weighted by atomic mass is 32.1. The van der Waals surface area contributed by atoms with Crippen molar-refractivity contribution < 1.29 is 26.3 Å². The van der Waals surface area contributed by atoms with Gasteiger partial charge in [-0.3, -0.25) is 0 Å². The van der Waals surface area contributed by atoms with E-state index in [-0.39, 0.29) is 171 Å². The summed E-state index contributed by atoms with van der Waals surface area (Å²) in [6.07, 6.45) is 0. The molecule has 5 heteroatoms. The van der Waals surface area contributed by atoms with Crippen LogP contribution in [-0.2, 0) is 21.7 Å². The molecule has 0 radical (unpaired) electrons. The summed E-state index contributed by atoms with van der Waals surface area (Å²) >= 11 is 1.01. The Labute approximate surface area is 360 Å². The number of nitrogens with zero attached hydrogens (tertiary/aromatic N) is 2. The standard InChI is InChI=1S/C51H55BN2OS/c1-30-26-39-43-40(27-30)54(36-22-16-32(17-23-36)49(5,6)7)45-38-29-34(51(11,12)13)19-25-42(38)56-47(45)52(43)46-44(37-28-33(50(8,9)10)18-24-41(37)55-46)53(39)35-20-14-31(15-21-35)48(2,3)4/h14-29H,1-13H3/i14D,15D,16D,17D,18D,19D,20D,21D,22D,23D,24D,25D,26D,27D,28D,29D. The Morgan fingerprint density at radius 3 is 1.48 bits per heavy atom. The van der Waals surface area contributed by atoms with Crippen LogP contribution in [0.2, 0.25) is 0 Å². The average molecular weight is 771 g/mol. The summed E-state index contributed by atoms with van der Waals surface area (Å²) in [6, 6.07) is -5.52. The first-order valence-corrected chi connectivity index (χ1v) is 19.8. The van der Waals surface area contributed by atoms with Gasteiger partial charge in [0.2, 0.25) is 0 Å². The Morgan fingerprint density at radius 2 is 0.982 bits per heavy atom. The first-order valence-electron chi connectivity index (χ1n) is 27.0. The first kappa shape index (κ1) is 22.9. The van der Waals surface area contributed by atoms with Crippen LogP contribution in [0.15, 0.2) is 101 Å². The number of fused-ring (bicyclic) bond motifs is 8. The minimum absolute atomic E-state index is 0.0137. The van der Waals surface area contributed by atoms with Crippen molar-refractivity contribution in [2.75, 3.05) is 9.80 Å². The zero-order chi connectivity index (χ0) is 53.8. The van der Waals surface area contributed by atoms with Crippen molar-refractivity contribution in [1.82, 2.24) is 0 Å². The van der Waals surface area contributed by atoms with Crippen molar-refractivity contribution in [2.45, 2.75) is 112 Å². The molecule has 0 fully saturated rings. The maximum atomic E-state index is 10.1. The molecule has 2 aliphatic rings. The molecule has 0 bridgehead atoms.